The first-order valence-electron chi connectivity index (χ1n) is 27.2. The zero-order valence-electron chi connectivity index (χ0n) is 49.6. The minimum absolute atomic E-state index is 0.0724. The molecule has 8 aromatic carbocycles. The van der Waals surface area contributed by atoms with E-state index in [1.807, 2.05) is 0 Å². The second-order valence-electron chi connectivity index (χ2n) is 19.9. The molecule has 0 aliphatic heterocycles. The van der Waals surface area contributed by atoms with E-state index in [9.17, 15) is 75.8 Å². The molecule has 42 heteroatoms. The number of fused-ring (bicyclic) bond motifs is 2. The molecule has 38 nitrogen and oxygen atoms in total. The van der Waals surface area contributed by atoms with E-state index in [1.165, 1.54) is 56.3 Å². The van der Waals surface area contributed by atoms with E-state index in [1.54, 1.807) is 24.3 Å². The Morgan fingerprint density at radius 2 is 0.879 bits per heavy atom. The summed E-state index contributed by atoms with van der Waals surface area (Å²) in [7, 11) is -9.92. The van der Waals surface area contributed by atoms with Gasteiger partial charge in [-0.05, 0) is 140 Å². The molecule has 2 heterocycles. The molecule has 0 fully saturated rings. The first-order chi connectivity index (χ1) is 47.1. The summed E-state index contributed by atoms with van der Waals surface area (Å²) in [4.78, 5) is 73.1. The number of aromatic carboxylic acids is 3. The maximum Gasteiger partial charge on any atom is 0.335 e. The van der Waals surface area contributed by atoms with Crippen LogP contribution in [0.15, 0.2) is 161 Å². The number of aliphatic hydroxyl groups is 1. The van der Waals surface area contributed by atoms with E-state index in [-0.39, 0.29) is 130 Å². The molecule has 99 heavy (non-hydrogen) atoms. The molecule has 0 aliphatic rings. The van der Waals surface area contributed by atoms with Gasteiger partial charge in [0.1, 0.15) is 28.8 Å². The van der Waals surface area contributed by atoms with E-state index in [0.717, 1.165) is 54.6 Å². The molecular formula is C57H43N15O23S4. The molecule has 2 aromatic heterocycles. The number of aromatic hydroxyl groups is 2. The van der Waals surface area contributed by atoms with Crippen LogP contribution in [0.4, 0.5) is 75.0 Å². The lowest BCUT2D eigenvalue weighted by Crippen LogP contribution is -2.12. The molecule has 508 valence electrons. The molecule has 0 radical (unpaired) electrons. The smallest absolute Gasteiger partial charge is 0.335 e. The summed E-state index contributed by atoms with van der Waals surface area (Å²) in [6.45, 7) is 2.17. The molecule has 1 amide bonds. The highest BCUT2D eigenvalue weighted by Crippen LogP contribution is 2.50. The number of amides is 1. The minimum Gasteiger partial charge on any atom is -0.505 e. The fraction of sp³-hybridized carbons (Fsp3) is 0.0526. The quantitative estimate of drug-likeness (QED) is 0.00568. The third kappa shape index (κ3) is 17.1. The van der Waals surface area contributed by atoms with Crippen LogP contribution in [-0.2, 0) is 39.0 Å². The molecule has 10 rings (SSSR count). The normalized spacial score (nSPS) is 11.7. The first-order valence-corrected chi connectivity index (χ1v) is 31.5. The number of aliphatic hydroxyl groups excluding tert-OH is 1. The molecule has 0 unspecified atom stereocenters. The summed E-state index contributed by atoms with van der Waals surface area (Å²) in [6.07, 6.45) is 0. The molecule has 0 saturated heterocycles. The average molecular weight is 1430 g/mol. The van der Waals surface area contributed by atoms with Gasteiger partial charge in [-0.15, -0.1) is 18.9 Å². The average Bonchev–Trinajstić information content (AvgIpc) is 0.762. The van der Waals surface area contributed by atoms with Crippen molar-refractivity contribution in [3.63, 3.8) is 0 Å². The minimum atomic E-state index is -4.97. The summed E-state index contributed by atoms with van der Waals surface area (Å²) in [5, 5.41) is 117. The van der Waals surface area contributed by atoms with Crippen LogP contribution in [0.5, 0.6) is 17.2 Å². The molecule has 0 atom stereocenters. The van der Waals surface area contributed by atoms with Crippen LogP contribution in [0.25, 0.3) is 21.5 Å². The summed E-state index contributed by atoms with van der Waals surface area (Å²) < 4.78 is 84.8. The van der Waals surface area contributed by atoms with Crippen molar-refractivity contribution >= 4 is 165 Å². The van der Waals surface area contributed by atoms with Gasteiger partial charge in [-0.2, -0.15) is 57.0 Å². The van der Waals surface area contributed by atoms with Crippen molar-refractivity contribution in [3.8, 4) is 17.2 Å². The highest BCUT2D eigenvalue weighted by atomic mass is 32.2. The molecule has 10 aromatic rings. The molecule has 0 bridgehead atoms. The molecule has 0 aliphatic carbocycles. The largest absolute Gasteiger partial charge is 0.505 e. The molecular weight excluding hydrogens is 1390 g/mol. The van der Waals surface area contributed by atoms with Gasteiger partial charge in [0.2, 0.25) is 23.8 Å². The maximum absolute atomic E-state index is 13.5. The van der Waals surface area contributed by atoms with Crippen molar-refractivity contribution in [2.75, 3.05) is 33.4 Å². The number of carboxylic acid groups (broad SMARTS) is 3. The number of aryl methyl sites for hydroxylation is 2. The predicted molar refractivity (Wildman–Crippen MR) is 345 cm³/mol. The number of ether oxygens (including phenoxy) is 1. The highest BCUT2D eigenvalue weighted by Gasteiger charge is 2.26. The Labute approximate surface area is 561 Å². The second kappa shape index (κ2) is 29.7. The Balaban J connectivity index is 0.848. The number of carboxylic acids is 3. The van der Waals surface area contributed by atoms with Crippen LogP contribution in [0.2, 0.25) is 0 Å². The van der Waals surface area contributed by atoms with Gasteiger partial charge in [-0.1, -0.05) is 10.1 Å². The van der Waals surface area contributed by atoms with Gasteiger partial charge < -0.3 is 62.0 Å². The molecule has 0 spiro atoms. The number of carbonyl (C=O) groups excluding carboxylic acids is 1. The number of anilines is 9. The number of carbonyl (C=O) groups is 4. The SMILES string of the molecule is Cc1nc(Nc2ccc(C(=O)Nc3ccc(Nc4nc(C)nc(Nc5cc(S(=O)(=O)O)cc6cc(SOOO)c(N=Nc7cc(C(=O)O)cc(C(=O)O)c7)c(O)c56)n4)cc3)cc2)nc(Nc2cc(S(=O)(=O)O)cc3cc(SOOO)c(N=Nc4cc(OCO)cc(C(=O)O)c4)c(O)c23)n1. The third-order valence-electron chi connectivity index (χ3n) is 13.3. The van der Waals surface area contributed by atoms with Gasteiger partial charge in [0.25, 0.3) is 26.1 Å². The first kappa shape index (κ1) is 70.0. The van der Waals surface area contributed by atoms with E-state index >= 15 is 0 Å². The summed E-state index contributed by atoms with van der Waals surface area (Å²) >= 11 is 0.526. The number of benzene rings is 8. The van der Waals surface area contributed by atoms with Crippen molar-refractivity contribution in [2.24, 2.45) is 20.5 Å². The Kier molecular flexibility index (Phi) is 21.0. The zero-order chi connectivity index (χ0) is 71.0. The number of nitrogens with zero attached hydrogens (tertiary/aromatic N) is 10. The van der Waals surface area contributed by atoms with E-state index < -0.39 is 94.6 Å². The number of azo groups is 2. The summed E-state index contributed by atoms with van der Waals surface area (Å²) in [6, 6.07) is 24.7. The van der Waals surface area contributed by atoms with Crippen LogP contribution >= 0.6 is 24.1 Å². The zero-order valence-corrected chi connectivity index (χ0v) is 52.9. The summed E-state index contributed by atoms with van der Waals surface area (Å²) in [5.74, 6) is -6.88. The van der Waals surface area contributed by atoms with Gasteiger partial charge in [-0.25, -0.2) is 24.9 Å². The summed E-state index contributed by atoms with van der Waals surface area (Å²) in [5.41, 5.74) is -1.73. The molecule has 15 N–H and O–H groups in total. The Bertz CT molecular complexity index is 5170. The van der Waals surface area contributed by atoms with Crippen molar-refractivity contribution in [3.05, 3.63) is 155 Å². The predicted octanol–water partition coefficient (Wildman–Crippen LogP) is 11.2. The van der Waals surface area contributed by atoms with E-state index in [2.05, 4.69) is 95.7 Å². The van der Waals surface area contributed by atoms with Crippen molar-refractivity contribution in [1.82, 2.24) is 29.9 Å². The van der Waals surface area contributed by atoms with Gasteiger partial charge in [0.15, 0.2) is 18.3 Å². The number of nitrogens with one attached hydrogen (secondary N) is 5. The lowest BCUT2D eigenvalue weighted by Gasteiger charge is -2.15. The van der Waals surface area contributed by atoms with Gasteiger partial charge >= 0.3 is 17.9 Å². The second-order valence-corrected chi connectivity index (χ2v) is 24.3. The lowest BCUT2D eigenvalue weighted by molar-refractivity contribution is -0.432. The van der Waals surface area contributed by atoms with Crippen LogP contribution < -0.4 is 31.3 Å². The Morgan fingerprint density at radius 3 is 1.28 bits per heavy atom. The van der Waals surface area contributed by atoms with E-state index in [4.69, 9.17) is 15.3 Å². The monoisotopic (exact) mass is 1430 g/mol. The third-order valence-corrected chi connectivity index (χ3v) is 16.2. The topological polar surface area (TPSA) is 572 Å². The van der Waals surface area contributed by atoms with Crippen LogP contribution in [0, 0.1) is 13.8 Å². The number of phenolic OH excluding ortho intramolecular Hbond substituents is 2. The fourth-order valence-electron chi connectivity index (χ4n) is 9.12. The van der Waals surface area contributed by atoms with Crippen molar-refractivity contribution in [1.29, 1.82) is 0 Å². The van der Waals surface area contributed by atoms with Crippen molar-refractivity contribution < 1.29 is 110 Å². The number of hydrogen-bond acceptors (Lipinski definition) is 34. The van der Waals surface area contributed by atoms with Gasteiger partial charge in [0.05, 0.1) is 83.1 Å². The van der Waals surface area contributed by atoms with Crippen molar-refractivity contribution in [2.45, 2.75) is 33.4 Å². The van der Waals surface area contributed by atoms with E-state index in [0.29, 0.717) is 17.1 Å². The number of rotatable bonds is 27. The standard InChI is InChI=1S/C57H43N15O23S4/c1-24-58-54(67-56(60-24)65-41-22-39(99(88,89)90)17-28-19-43(97-95-93-84)47(49(75)45(28)41)72-70-36-14-31(53(81)82)15-37(20-36)91-23-73)63-33-5-3-26(4-6-33)50(76)62-32-7-9-34(10-8-32)64-55-59-25(2)61-57(68-55)66-40-21-38(98(85,86)87)16-27-18-42(96-94-92-83)46(48(74)44(27)40)71-69-35-12-29(51(77)78)11-30(13-35)52(79)80/h3-22,73-75,83-84H,23H2,1-2H3,(H,62,76)(H,77,78)(H,79,80)(H,81,82)(H,85,86,87)(H,88,89,90)(H2,58,60,63,65,67)(H2,59,61,64,66,68). The van der Waals surface area contributed by atoms with Gasteiger partial charge in [0, 0.05) is 39.5 Å². The van der Waals surface area contributed by atoms with Crippen LogP contribution in [0.1, 0.15) is 53.1 Å². The van der Waals surface area contributed by atoms with Gasteiger partial charge in [-0.3, -0.25) is 13.9 Å². The maximum atomic E-state index is 13.5. The number of hydrogen-bond donors (Lipinski definition) is 15. The number of phenols is 2. The highest BCUT2D eigenvalue weighted by molar-refractivity contribution is 7.95. The fourth-order valence-corrected chi connectivity index (χ4v) is 11.2. The van der Waals surface area contributed by atoms with Crippen LogP contribution in [-0.4, -0.2) is 128 Å². The van der Waals surface area contributed by atoms with Crippen LogP contribution in [0.3, 0.4) is 0 Å². The number of aromatic nitrogens is 6. The lowest BCUT2D eigenvalue weighted by atomic mass is 10.1. The Hall–Kier alpha value is -11.8. The Morgan fingerprint density at radius 1 is 0.485 bits per heavy atom. The molecule has 0 saturated carbocycles.